The summed E-state index contributed by atoms with van der Waals surface area (Å²) in [6.45, 7) is 2.12. The summed E-state index contributed by atoms with van der Waals surface area (Å²) in [7, 11) is 3.32. The highest BCUT2D eigenvalue weighted by Gasteiger charge is 2.07. The monoisotopic (exact) mass is 304 g/mol. The van der Waals surface area contributed by atoms with Crippen LogP contribution in [0.4, 0.5) is 0 Å². The normalized spacial score (nSPS) is 11.1. The Morgan fingerprint density at radius 1 is 0.783 bits per heavy atom. The van der Waals surface area contributed by atoms with Gasteiger partial charge in [0.2, 0.25) is 0 Å². The Balaban J connectivity index is 2.08. The smallest absolute Gasteiger partial charge is 0.167 e. The van der Waals surface area contributed by atoms with Gasteiger partial charge in [0.05, 0.1) is 14.2 Å². The third-order valence-corrected chi connectivity index (χ3v) is 3.91. The summed E-state index contributed by atoms with van der Waals surface area (Å²) in [4.78, 5) is 0. The highest BCUT2D eigenvalue weighted by molar-refractivity contribution is 5.93. The van der Waals surface area contributed by atoms with E-state index in [1.54, 1.807) is 14.2 Å². The third kappa shape index (κ3) is 3.07. The van der Waals surface area contributed by atoms with Crippen LogP contribution in [0.25, 0.3) is 22.9 Å². The van der Waals surface area contributed by atoms with Crippen LogP contribution in [0.1, 0.15) is 16.7 Å². The van der Waals surface area contributed by atoms with Gasteiger partial charge in [0.25, 0.3) is 0 Å². The fourth-order valence-corrected chi connectivity index (χ4v) is 2.86. The molecule has 0 aromatic heterocycles. The topological polar surface area (TPSA) is 18.5 Å². The van der Waals surface area contributed by atoms with Gasteiger partial charge in [0.15, 0.2) is 11.5 Å². The van der Waals surface area contributed by atoms with Crippen molar-refractivity contribution in [2.24, 2.45) is 0 Å². The van der Waals surface area contributed by atoms with Crippen LogP contribution in [0.2, 0.25) is 0 Å². The second-order valence-corrected chi connectivity index (χ2v) is 5.49. The maximum atomic E-state index is 5.49. The predicted molar refractivity (Wildman–Crippen MR) is 97.2 cm³/mol. The van der Waals surface area contributed by atoms with E-state index in [0.29, 0.717) is 0 Å². The molecule has 0 amide bonds. The first-order valence-electron chi connectivity index (χ1n) is 7.61. The number of hydrogen-bond donors (Lipinski definition) is 0. The lowest BCUT2D eigenvalue weighted by atomic mass is 10.0. The lowest BCUT2D eigenvalue weighted by Crippen LogP contribution is -1.92. The van der Waals surface area contributed by atoms with Crippen molar-refractivity contribution in [3.05, 3.63) is 71.3 Å². The molecule has 23 heavy (non-hydrogen) atoms. The molecule has 3 aromatic rings. The molecule has 0 spiro atoms. The largest absolute Gasteiger partial charge is 0.493 e. The molecular formula is C21H20O2. The third-order valence-electron chi connectivity index (χ3n) is 3.91. The number of benzene rings is 3. The zero-order valence-corrected chi connectivity index (χ0v) is 13.7. The summed E-state index contributed by atoms with van der Waals surface area (Å²) in [5, 5.41) is 2.50. The minimum atomic E-state index is 0.740. The second-order valence-electron chi connectivity index (χ2n) is 5.49. The van der Waals surface area contributed by atoms with Crippen LogP contribution >= 0.6 is 0 Å². The fraction of sp³-hybridized carbons (Fsp3) is 0.143. The highest BCUT2D eigenvalue weighted by atomic mass is 16.5. The van der Waals surface area contributed by atoms with Crippen molar-refractivity contribution in [2.45, 2.75) is 6.92 Å². The van der Waals surface area contributed by atoms with Crippen molar-refractivity contribution in [3.8, 4) is 11.5 Å². The Morgan fingerprint density at radius 3 is 2.35 bits per heavy atom. The standard InChI is InChI=1S/C21H20O2/c1-15-13-17-7-4-5-9-19(17)18(14-15)12-11-16-8-6-10-20(22-2)21(16)23-3/h4-14H,1-3H3/b12-11+. The molecule has 116 valence electrons. The van der Waals surface area contributed by atoms with E-state index in [1.165, 1.54) is 21.9 Å². The fourth-order valence-electron chi connectivity index (χ4n) is 2.86. The molecule has 0 fully saturated rings. The zero-order chi connectivity index (χ0) is 16.2. The lowest BCUT2D eigenvalue weighted by Gasteiger charge is -2.10. The Labute approximate surface area is 137 Å². The van der Waals surface area contributed by atoms with Gasteiger partial charge >= 0.3 is 0 Å². The molecule has 0 aliphatic carbocycles. The maximum Gasteiger partial charge on any atom is 0.167 e. The van der Waals surface area contributed by atoms with Crippen LogP contribution in [-0.2, 0) is 0 Å². The van der Waals surface area contributed by atoms with E-state index in [0.717, 1.165) is 17.1 Å². The van der Waals surface area contributed by atoms with Crippen LogP contribution in [-0.4, -0.2) is 14.2 Å². The molecular weight excluding hydrogens is 284 g/mol. The molecule has 0 radical (unpaired) electrons. The number of para-hydroxylation sites is 1. The average molecular weight is 304 g/mol. The molecule has 0 aliphatic heterocycles. The number of ether oxygens (including phenoxy) is 2. The van der Waals surface area contributed by atoms with Crippen LogP contribution in [0.15, 0.2) is 54.6 Å². The summed E-state index contributed by atoms with van der Waals surface area (Å²) >= 11 is 0. The predicted octanol–water partition coefficient (Wildman–Crippen LogP) is 5.34. The Morgan fingerprint density at radius 2 is 1.57 bits per heavy atom. The SMILES string of the molecule is COc1cccc(/C=C/c2cc(C)cc3ccccc23)c1OC. The highest BCUT2D eigenvalue weighted by Crippen LogP contribution is 2.32. The molecule has 0 saturated heterocycles. The van der Waals surface area contributed by atoms with Crippen molar-refractivity contribution in [1.29, 1.82) is 0 Å². The molecule has 2 heteroatoms. The van der Waals surface area contributed by atoms with Gasteiger partial charge in [-0.15, -0.1) is 0 Å². The average Bonchev–Trinajstić information content (AvgIpc) is 2.58. The van der Waals surface area contributed by atoms with Gasteiger partial charge < -0.3 is 9.47 Å². The second kappa shape index (κ2) is 6.57. The molecule has 0 saturated carbocycles. The molecule has 3 rings (SSSR count). The summed E-state index contributed by atoms with van der Waals surface area (Å²) in [5.74, 6) is 1.49. The van der Waals surface area contributed by atoms with Crippen LogP contribution in [0.3, 0.4) is 0 Å². The van der Waals surface area contributed by atoms with E-state index >= 15 is 0 Å². The van der Waals surface area contributed by atoms with E-state index < -0.39 is 0 Å². The van der Waals surface area contributed by atoms with Crippen molar-refractivity contribution in [3.63, 3.8) is 0 Å². The minimum Gasteiger partial charge on any atom is -0.493 e. The quantitative estimate of drug-likeness (QED) is 0.606. The number of aryl methyl sites for hydroxylation is 1. The summed E-state index contributed by atoms with van der Waals surface area (Å²) in [5.41, 5.74) is 3.45. The zero-order valence-electron chi connectivity index (χ0n) is 13.7. The van der Waals surface area contributed by atoms with Gasteiger partial charge in [-0.3, -0.25) is 0 Å². The molecule has 3 aromatic carbocycles. The molecule has 0 bridgehead atoms. The van der Waals surface area contributed by atoms with Crippen molar-refractivity contribution in [1.82, 2.24) is 0 Å². The molecule has 0 unspecified atom stereocenters. The summed E-state index contributed by atoms with van der Waals surface area (Å²) < 4.78 is 10.9. The van der Waals surface area contributed by atoms with Gasteiger partial charge in [-0.1, -0.05) is 60.7 Å². The van der Waals surface area contributed by atoms with E-state index in [-0.39, 0.29) is 0 Å². The van der Waals surface area contributed by atoms with Gasteiger partial charge in [0, 0.05) is 5.56 Å². The van der Waals surface area contributed by atoms with Gasteiger partial charge in [-0.05, 0) is 34.9 Å². The molecule has 0 aliphatic rings. The van der Waals surface area contributed by atoms with Gasteiger partial charge in [-0.25, -0.2) is 0 Å². The number of methoxy groups -OCH3 is 2. The lowest BCUT2D eigenvalue weighted by molar-refractivity contribution is 0.354. The number of rotatable bonds is 4. The Bertz CT molecular complexity index is 863. The van der Waals surface area contributed by atoms with Crippen molar-refractivity contribution >= 4 is 22.9 Å². The first-order valence-corrected chi connectivity index (χ1v) is 7.61. The van der Waals surface area contributed by atoms with E-state index in [4.69, 9.17) is 9.47 Å². The molecule has 0 heterocycles. The minimum absolute atomic E-state index is 0.740. The Hall–Kier alpha value is -2.74. The van der Waals surface area contributed by atoms with Crippen molar-refractivity contribution in [2.75, 3.05) is 14.2 Å². The first-order chi connectivity index (χ1) is 11.2. The molecule has 0 N–H and O–H groups in total. The summed E-state index contributed by atoms with van der Waals surface area (Å²) in [6.07, 6.45) is 4.20. The number of fused-ring (bicyclic) bond motifs is 1. The molecule has 2 nitrogen and oxygen atoms in total. The van der Waals surface area contributed by atoms with E-state index in [9.17, 15) is 0 Å². The summed E-state index contributed by atoms with van der Waals surface area (Å²) in [6, 6.07) is 18.7. The van der Waals surface area contributed by atoms with Crippen LogP contribution in [0, 0.1) is 6.92 Å². The van der Waals surface area contributed by atoms with Crippen LogP contribution in [0.5, 0.6) is 11.5 Å². The first kappa shape index (κ1) is 15.2. The maximum absolute atomic E-state index is 5.49. The molecule has 0 atom stereocenters. The van der Waals surface area contributed by atoms with Gasteiger partial charge in [0.1, 0.15) is 0 Å². The van der Waals surface area contributed by atoms with Gasteiger partial charge in [-0.2, -0.15) is 0 Å². The number of hydrogen-bond acceptors (Lipinski definition) is 2. The van der Waals surface area contributed by atoms with E-state index in [1.807, 2.05) is 18.2 Å². The van der Waals surface area contributed by atoms with Crippen LogP contribution < -0.4 is 9.47 Å². The van der Waals surface area contributed by atoms with Crippen molar-refractivity contribution < 1.29 is 9.47 Å². The Kier molecular flexibility index (Phi) is 4.33. The van der Waals surface area contributed by atoms with E-state index in [2.05, 4.69) is 55.5 Å².